The number of hydrogen-bond donors (Lipinski definition) is 1. The first-order chi connectivity index (χ1) is 10.0. The number of piperidine rings is 1. The van der Waals surface area contributed by atoms with Gasteiger partial charge < -0.3 is 5.73 Å². The molecule has 1 aromatic carbocycles. The van der Waals surface area contributed by atoms with Crippen molar-refractivity contribution in [2.75, 3.05) is 13.1 Å². The molecule has 0 saturated carbocycles. The monoisotopic (exact) mass is 288 g/mol. The van der Waals surface area contributed by atoms with E-state index in [1.54, 1.807) is 0 Å². The Bertz CT molecular complexity index is 424. The van der Waals surface area contributed by atoms with Gasteiger partial charge in [-0.05, 0) is 55.7 Å². The third kappa shape index (κ3) is 4.08. The normalized spacial score (nSPS) is 25.2. The molecule has 2 N–H and O–H groups in total. The fourth-order valence-electron chi connectivity index (χ4n) is 3.72. The summed E-state index contributed by atoms with van der Waals surface area (Å²) in [7, 11) is 0. The Hall–Kier alpha value is -0.860. The van der Waals surface area contributed by atoms with Crippen LogP contribution in [0.25, 0.3) is 0 Å². The van der Waals surface area contributed by atoms with Crippen molar-refractivity contribution in [1.29, 1.82) is 0 Å². The number of likely N-dealkylation sites (tertiary alicyclic amines) is 1. The van der Waals surface area contributed by atoms with Gasteiger partial charge in [0, 0.05) is 18.6 Å². The summed E-state index contributed by atoms with van der Waals surface area (Å²) in [6.45, 7) is 11.2. The maximum Gasteiger partial charge on any atom is 0.0323 e. The molecule has 1 saturated heterocycles. The second kappa shape index (κ2) is 7.42. The van der Waals surface area contributed by atoms with Crippen molar-refractivity contribution in [2.24, 2.45) is 17.6 Å². The topological polar surface area (TPSA) is 29.3 Å². The highest BCUT2D eigenvalue weighted by Crippen LogP contribution is 2.31. The highest BCUT2D eigenvalue weighted by molar-refractivity contribution is 5.25. The fourth-order valence-corrected chi connectivity index (χ4v) is 3.72. The summed E-state index contributed by atoms with van der Waals surface area (Å²) in [5.74, 6) is 1.43. The average molecular weight is 288 g/mol. The number of nitrogens with zero attached hydrogens (tertiary/aromatic N) is 1. The van der Waals surface area contributed by atoms with E-state index in [1.807, 2.05) is 0 Å². The molecular weight excluding hydrogens is 256 g/mol. The SMILES string of the molecule is CC(C)Cc1ccc(C(C)N2CCCC(C)C2CN)cc1. The van der Waals surface area contributed by atoms with Crippen LogP contribution < -0.4 is 5.73 Å². The van der Waals surface area contributed by atoms with Crippen LogP contribution in [0.15, 0.2) is 24.3 Å². The van der Waals surface area contributed by atoms with Crippen molar-refractivity contribution in [2.45, 2.75) is 59.0 Å². The van der Waals surface area contributed by atoms with E-state index < -0.39 is 0 Å². The molecule has 1 aromatic rings. The third-order valence-electron chi connectivity index (χ3n) is 5.00. The largest absolute Gasteiger partial charge is 0.329 e. The van der Waals surface area contributed by atoms with Gasteiger partial charge >= 0.3 is 0 Å². The van der Waals surface area contributed by atoms with Gasteiger partial charge in [-0.3, -0.25) is 4.90 Å². The van der Waals surface area contributed by atoms with E-state index >= 15 is 0 Å². The Balaban J connectivity index is 2.09. The summed E-state index contributed by atoms with van der Waals surface area (Å²) in [6, 6.07) is 10.2. The van der Waals surface area contributed by atoms with Gasteiger partial charge in [0.2, 0.25) is 0 Å². The van der Waals surface area contributed by atoms with E-state index in [9.17, 15) is 0 Å². The van der Waals surface area contributed by atoms with Crippen molar-refractivity contribution in [3.63, 3.8) is 0 Å². The Morgan fingerprint density at radius 1 is 1.19 bits per heavy atom. The summed E-state index contributed by atoms with van der Waals surface area (Å²) in [4.78, 5) is 2.62. The Labute approximate surface area is 130 Å². The fraction of sp³-hybridized carbons (Fsp3) is 0.684. The summed E-state index contributed by atoms with van der Waals surface area (Å²) >= 11 is 0. The minimum absolute atomic E-state index is 0.467. The highest BCUT2D eigenvalue weighted by atomic mass is 15.2. The standard InChI is InChI=1S/C19H32N2/c1-14(2)12-17-7-9-18(10-8-17)16(4)21-11-5-6-15(3)19(21)13-20/h7-10,14-16,19H,5-6,11-13,20H2,1-4H3. The van der Waals surface area contributed by atoms with E-state index in [2.05, 4.69) is 56.9 Å². The predicted molar refractivity (Wildman–Crippen MR) is 91.3 cm³/mol. The molecule has 1 aliphatic rings. The second-order valence-electron chi connectivity index (χ2n) is 7.18. The molecule has 1 fully saturated rings. The molecule has 118 valence electrons. The van der Waals surface area contributed by atoms with Crippen LogP contribution in [0.3, 0.4) is 0 Å². The molecule has 21 heavy (non-hydrogen) atoms. The van der Waals surface area contributed by atoms with Gasteiger partial charge in [-0.15, -0.1) is 0 Å². The summed E-state index contributed by atoms with van der Waals surface area (Å²) in [5.41, 5.74) is 8.91. The Morgan fingerprint density at radius 3 is 2.43 bits per heavy atom. The number of rotatable bonds is 5. The van der Waals surface area contributed by atoms with Crippen LogP contribution in [-0.4, -0.2) is 24.0 Å². The number of nitrogens with two attached hydrogens (primary N) is 1. The second-order valence-corrected chi connectivity index (χ2v) is 7.18. The van der Waals surface area contributed by atoms with E-state index in [1.165, 1.54) is 36.9 Å². The molecule has 0 bridgehead atoms. The van der Waals surface area contributed by atoms with E-state index in [4.69, 9.17) is 5.73 Å². The zero-order valence-corrected chi connectivity index (χ0v) is 14.2. The minimum atomic E-state index is 0.467. The average Bonchev–Trinajstić information content (AvgIpc) is 2.46. The smallest absolute Gasteiger partial charge is 0.0323 e. The molecule has 0 aromatic heterocycles. The first-order valence-corrected chi connectivity index (χ1v) is 8.57. The molecule has 2 rings (SSSR count). The van der Waals surface area contributed by atoms with Crippen LogP contribution in [0.5, 0.6) is 0 Å². The highest BCUT2D eigenvalue weighted by Gasteiger charge is 2.30. The van der Waals surface area contributed by atoms with Crippen LogP contribution in [0.1, 0.15) is 57.7 Å². The maximum absolute atomic E-state index is 6.04. The van der Waals surface area contributed by atoms with Gasteiger partial charge in [-0.2, -0.15) is 0 Å². The van der Waals surface area contributed by atoms with Gasteiger partial charge in [0.25, 0.3) is 0 Å². The molecule has 1 heterocycles. The van der Waals surface area contributed by atoms with Crippen molar-refractivity contribution in [3.05, 3.63) is 35.4 Å². The molecule has 1 aliphatic heterocycles. The molecular formula is C19H32N2. The molecule has 3 atom stereocenters. The molecule has 0 aliphatic carbocycles. The van der Waals surface area contributed by atoms with E-state index in [-0.39, 0.29) is 0 Å². The number of hydrogen-bond acceptors (Lipinski definition) is 2. The molecule has 0 radical (unpaired) electrons. The van der Waals surface area contributed by atoms with Crippen molar-refractivity contribution in [1.82, 2.24) is 4.90 Å². The Kier molecular flexibility index (Phi) is 5.83. The Morgan fingerprint density at radius 2 is 1.86 bits per heavy atom. The third-order valence-corrected chi connectivity index (χ3v) is 5.00. The first-order valence-electron chi connectivity index (χ1n) is 8.57. The zero-order valence-electron chi connectivity index (χ0n) is 14.2. The molecule has 2 nitrogen and oxygen atoms in total. The minimum Gasteiger partial charge on any atom is -0.329 e. The maximum atomic E-state index is 6.04. The van der Waals surface area contributed by atoms with Crippen LogP contribution in [0, 0.1) is 11.8 Å². The van der Waals surface area contributed by atoms with Gasteiger partial charge in [-0.1, -0.05) is 45.0 Å². The number of benzene rings is 1. The summed E-state index contributed by atoms with van der Waals surface area (Å²) in [5, 5.41) is 0. The van der Waals surface area contributed by atoms with Crippen molar-refractivity contribution in [3.8, 4) is 0 Å². The summed E-state index contributed by atoms with van der Waals surface area (Å²) in [6.07, 6.45) is 3.78. The molecule has 0 spiro atoms. The summed E-state index contributed by atoms with van der Waals surface area (Å²) < 4.78 is 0. The quantitative estimate of drug-likeness (QED) is 0.887. The van der Waals surface area contributed by atoms with Gasteiger partial charge in [0.15, 0.2) is 0 Å². The zero-order chi connectivity index (χ0) is 15.4. The van der Waals surface area contributed by atoms with Crippen LogP contribution in [0.2, 0.25) is 0 Å². The lowest BCUT2D eigenvalue weighted by Crippen LogP contribution is -2.49. The van der Waals surface area contributed by atoms with Crippen molar-refractivity contribution < 1.29 is 0 Å². The van der Waals surface area contributed by atoms with Crippen LogP contribution in [-0.2, 0) is 6.42 Å². The lowest BCUT2D eigenvalue weighted by molar-refractivity contribution is 0.0689. The lowest BCUT2D eigenvalue weighted by atomic mass is 9.88. The van der Waals surface area contributed by atoms with Crippen molar-refractivity contribution >= 4 is 0 Å². The van der Waals surface area contributed by atoms with Gasteiger partial charge in [-0.25, -0.2) is 0 Å². The first kappa shape index (κ1) is 16.5. The predicted octanol–water partition coefficient (Wildman–Crippen LogP) is 4.01. The van der Waals surface area contributed by atoms with Gasteiger partial charge in [0.05, 0.1) is 0 Å². The van der Waals surface area contributed by atoms with Gasteiger partial charge in [0.1, 0.15) is 0 Å². The molecule has 0 amide bonds. The van der Waals surface area contributed by atoms with Crippen LogP contribution >= 0.6 is 0 Å². The van der Waals surface area contributed by atoms with Crippen LogP contribution in [0.4, 0.5) is 0 Å². The molecule has 3 unspecified atom stereocenters. The molecule has 2 heteroatoms. The lowest BCUT2D eigenvalue weighted by Gasteiger charge is -2.43. The van der Waals surface area contributed by atoms with E-state index in [0.717, 1.165) is 12.5 Å². The van der Waals surface area contributed by atoms with E-state index in [0.29, 0.717) is 18.0 Å².